The molecule has 0 bridgehead atoms. The summed E-state index contributed by atoms with van der Waals surface area (Å²) in [6, 6.07) is 0. The van der Waals surface area contributed by atoms with E-state index in [4.69, 9.17) is 0 Å². The van der Waals surface area contributed by atoms with Gasteiger partial charge in [-0.1, -0.05) is 0 Å². The molecule has 0 spiro atoms. The molecule has 0 saturated heterocycles. The van der Waals surface area contributed by atoms with E-state index in [1.807, 2.05) is 0 Å². The molecule has 0 saturated carbocycles. The lowest BCUT2D eigenvalue weighted by Gasteiger charge is -2.10. The number of nitroso groups, excluding NO2 is 1. The molecule has 0 rings (SSSR count). The van der Waals surface area contributed by atoms with E-state index < -0.39 is 16.2 Å². The van der Waals surface area contributed by atoms with E-state index in [1.54, 1.807) is 0 Å². The maximum Gasteiger partial charge on any atom is 0.430 e. The molecule has 0 amide bonds. The number of hydrazine groups is 1. The van der Waals surface area contributed by atoms with Crippen molar-refractivity contribution in [2.45, 2.75) is 6.29 Å². The van der Waals surface area contributed by atoms with Crippen LogP contribution in [0.4, 0.5) is 0 Å². The van der Waals surface area contributed by atoms with Crippen LogP contribution in [-0.4, -0.2) is 28.3 Å². The second-order valence-corrected chi connectivity index (χ2v) is 1.70. The molecule has 0 aromatic heterocycles. The molecule has 0 fully saturated rings. The van der Waals surface area contributed by atoms with Gasteiger partial charge in [0.25, 0.3) is 0 Å². The molecule has 1 N–H and O–H groups in total. The first kappa shape index (κ1) is 10.0. The first-order valence-electron chi connectivity index (χ1n) is 2.59. The van der Waals surface area contributed by atoms with Crippen LogP contribution < -0.4 is 5.43 Å². The lowest BCUT2D eigenvalue weighted by Crippen LogP contribution is -2.49. The highest BCUT2D eigenvalue weighted by Gasteiger charge is 2.30. The molecule has 0 aliphatic rings. The van der Waals surface area contributed by atoms with Crippen molar-refractivity contribution in [1.82, 2.24) is 10.4 Å². The second kappa shape index (κ2) is 4.00. The lowest BCUT2D eigenvalue weighted by atomic mass is 10.8. The highest BCUT2D eigenvalue weighted by Crippen LogP contribution is 1.92. The summed E-state index contributed by atoms with van der Waals surface area (Å²) in [4.78, 5) is 28.5. The van der Waals surface area contributed by atoms with Crippen molar-refractivity contribution in [2.24, 2.45) is 5.29 Å². The first-order chi connectivity index (χ1) is 5.49. The summed E-state index contributed by atoms with van der Waals surface area (Å²) in [7, 11) is 0.941. The Morgan fingerprint density at radius 1 is 1.50 bits per heavy atom. The highest BCUT2D eigenvalue weighted by molar-refractivity contribution is 4.41. The fraction of sp³-hybridized carbons (Fsp3) is 1.00. The van der Waals surface area contributed by atoms with Gasteiger partial charge in [0.1, 0.15) is 0 Å². The second-order valence-electron chi connectivity index (χ2n) is 1.70. The topological polar surface area (TPSA) is 131 Å². The standard InChI is InChI=1S/C2H5N5O5/c1-5(4-8)2(6(9)10)3-7(11)12/h2-3H,1H3. The Morgan fingerprint density at radius 2 is 2.00 bits per heavy atom. The summed E-state index contributed by atoms with van der Waals surface area (Å²) in [5.41, 5.74) is 1.29. The van der Waals surface area contributed by atoms with Crippen molar-refractivity contribution in [1.29, 1.82) is 0 Å². The maximum atomic E-state index is 10.0. The van der Waals surface area contributed by atoms with Gasteiger partial charge in [-0.05, 0) is 5.43 Å². The highest BCUT2D eigenvalue weighted by atomic mass is 16.7. The number of rotatable bonds is 5. The van der Waals surface area contributed by atoms with Gasteiger partial charge < -0.3 is 0 Å². The normalized spacial score (nSPS) is 11.4. The maximum absolute atomic E-state index is 10.0. The number of nitrogens with one attached hydrogen (secondary N) is 1. The Hall–Kier alpha value is -2.00. The van der Waals surface area contributed by atoms with Crippen LogP contribution in [0.3, 0.4) is 0 Å². The van der Waals surface area contributed by atoms with Crippen molar-refractivity contribution in [3.63, 3.8) is 0 Å². The van der Waals surface area contributed by atoms with Crippen molar-refractivity contribution in [3.05, 3.63) is 25.1 Å². The molecule has 68 valence electrons. The fourth-order valence-corrected chi connectivity index (χ4v) is 0.406. The Morgan fingerprint density at radius 3 is 2.25 bits per heavy atom. The molecule has 0 radical (unpaired) electrons. The Labute approximate surface area is 65.4 Å². The third-order valence-electron chi connectivity index (χ3n) is 0.903. The van der Waals surface area contributed by atoms with E-state index >= 15 is 0 Å². The van der Waals surface area contributed by atoms with Crippen LogP contribution in [0.2, 0.25) is 0 Å². The van der Waals surface area contributed by atoms with E-state index in [0.29, 0.717) is 0 Å². The Balaban J connectivity index is 4.32. The van der Waals surface area contributed by atoms with Crippen molar-refractivity contribution in [3.8, 4) is 0 Å². The van der Waals surface area contributed by atoms with Gasteiger partial charge >= 0.3 is 6.29 Å². The monoisotopic (exact) mass is 179 g/mol. The summed E-state index contributed by atoms with van der Waals surface area (Å²) in [6.07, 6.45) is -1.95. The summed E-state index contributed by atoms with van der Waals surface area (Å²) in [6.45, 7) is 0. The van der Waals surface area contributed by atoms with E-state index in [1.165, 1.54) is 5.43 Å². The quantitative estimate of drug-likeness (QED) is 0.246. The molecule has 0 aromatic rings. The van der Waals surface area contributed by atoms with Gasteiger partial charge in [0.15, 0.2) is 5.03 Å². The Bertz CT molecular complexity index is 204. The zero-order valence-electron chi connectivity index (χ0n) is 5.91. The van der Waals surface area contributed by atoms with Gasteiger partial charge in [-0.2, -0.15) is 5.01 Å². The average molecular weight is 179 g/mol. The predicted molar refractivity (Wildman–Crippen MR) is 34.5 cm³/mol. The molecular weight excluding hydrogens is 174 g/mol. The average Bonchev–Trinajstić information content (AvgIpc) is 1.98. The molecule has 10 heteroatoms. The summed E-state index contributed by atoms with van der Waals surface area (Å²) in [5.74, 6) is 0. The minimum atomic E-state index is -1.95. The van der Waals surface area contributed by atoms with Gasteiger partial charge in [-0.25, -0.2) is 10.1 Å². The molecule has 12 heavy (non-hydrogen) atoms. The van der Waals surface area contributed by atoms with Gasteiger partial charge in [-0.15, -0.1) is 4.91 Å². The van der Waals surface area contributed by atoms with Crippen LogP contribution >= 0.6 is 0 Å². The molecule has 0 aromatic carbocycles. The van der Waals surface area contributed by atoms with Gasteiger partial charge in [0.2, 0.25) is 0 Å². The van der Waals surface area contributed by atoms with Crippen LogP contribution in [0.1, 0.15) is 0 Å². The summed E-state index contributed by atoms with van der Waals surface area (Å²) < 4.78 is 0. The lowest BCUT2D eigenvalue weighted by molar-refractivity contribution is -0.655. The van der Waals surface area contributed by atoms with Crippen molar-refractivity contribution >= 4 is 0 Å². The van der Waals surface area contributed by atoms with E-state index in [2.05, 4.69) is 5.29 Å². The van der Waals surface area contributed by atoms with Gasteiger partial charge in [-0.3, -0.25) is 10.1 Å². The summed E-state index contributed by atoms with van der Waals surface area (Å²) >= 11 is 0. The van der Waals surface area contributed by atoms with Crippen LogP contribution in [-0.2, 0) is 0 Å². The molecular formula is C2H5N5O5. The third kappa shape index (κ3) is 2.72. The zero-order chi connectivity index (χ0) is 9.72. The molecule has 10 nitrogen and oxygen atoms in total. The van der Waals surface area contributed by atoms with Crippen LogP contribution in [0.15, 0.2) is 5.29 Å². The largest absolute Gasteiger partial charge is 0.430 e. The minimum absolute atomic E-state index is 0.281. The van der Waals surface area contributed by atoms with E-state index in [0.717, 1.165) is 7.05 Å². The van der Waals surface area contributed by atoms with Gasteiger partial charge in [0.05, 0.1) is 10.2 Å². The zero-order valence-corrected chi connectivity index (χ0v) is 5.91. The number of hydrogen-bond donors (Lipinski definition) is 1. The molecule has 0 aliphatic carbocycles. The van der Waals surface area contributed by atoms with Crippen molar-refractivity contribution in [2.75, 3.05) is 7.05 Å². The predicted octanol–water partition coefficient (Wildman–Crippen LogP) is -1.06. The number of nitrogens with zero attached hydrogens (tertiary/aromatic N) is 4. The minimum Gasteiger partial charge on any atom is -0.261 e. The summed E-state index contributed by atoms with van der Waals surface area (Å²) in [5, 5.41) is 21.1. The smallest absolute Gasteiger partial charge is 0.261 e. The van der Waals surface area contributed by atoms with E-state index in [-0.39, 0.29) is 5.01 Å². The number of nitro groups is 2. The molecule has 1 unspecified atom stereocenters. The first-order valence-corrected chi connectivity index (χ1v) is 2.59. The van der Waals surface area contributed by atoms with E-state index in [9.17, 15) is 25.1 Å². The molecule has 1 atom stereocenters. The van der Waals surface area contributed by atoms with Crippen LogP contribution in [0.5, 0.6) is 0 Å². The van der Waals surface area contributed by atoms with Crippen molar-refractivity contribution < 1.29 is 9.96 Å². The molecule has 0 heterocycles. The fourth-order valence-electron chi connectivity index (χ4n) is 0.406. The third-order valence-corrected chi connectivity index (χ3v) is 0.903. The number of hydrogen-bond acceptors (Lipinski definition) is 6. The van der Waals surface area contributed by atoms with Crippen LogP contribution in [0.25, 0.3) is 0 Å². The SMILES string of the molecule is CN(N=O)C(N[N+](=O)[O-])[N+](=O)[O-]. The Kier molecular flexibility index (Phi) is 3.33. The van der Waals surface area contributed by atoms with Gasteiger partial charge in [0, 0.05) is 7.05 Å². The van der Waals surface area contributed by atoms with Crippen LogP contribution in [0, 0.1) is 25.1 Å². The molecule has 0 aliphatic heterocycles.